The van der Waals surface area contributed by atoms with Crippen LogP contribution in [-0.4, -0.2) is 44.5 Å². The predicted molar refractivity (Wildman–Crippen MR) is 125 cm³/mol. The average molecular weight is 473 g/mol. The maximum atomic E-state index is 13.9. The maximum Gasteiger partial charge on any atom is 0.251 e. The van der Waals surface area contributed by atoms with Crippen LogP contribution in [0.3, 0.4) is 0 Å². The quantitative estimate of drug-likeness (QED) is 0.562. The summed E-state index contributed by atoms with van der Waals surface area (Å²) in [5.74, 6) is -0.115. The highest BCUT2D eigenvalue weighted by molar-refractivity contribution is 6.30. The largest absolute Gasteiger partial charge is 0.394 e. The van der Waals surface area contributed by atoms with Gasteiger partial charge in [0.25, 0.3) is 5.56 Å². The molecule has 0 amide bonds. The van der Waals surface area contributed by atoms with Gasteiger partial charge < -0.3 is 19.7 Å². The van der Waals surface area contributed by atoms with Crippen molar-refractivity contribution in [2.24, 2.45) is 0 Å². The summed E-state index contributed by atoms with van der Waals surface area (Å²) in [5.41, 5.74) is 1.12. The van der Waals surface area contributed by atoms with E-state index in [0.29, 0.717) is 29.4 Å². The van der Waals surface area contributed by atoms with Gasteiger partial charge in [-0.2, -0.15) is 0 Å². The molecule has 0 saturated carbocycles. The molecule has 2 N–H and O–H groups in total. The molecule has 1 saturated heterocycles. The second-order valence-corrected chi connectivity index (χ2v) is 9.15. The van der Waals surface area contributed by atoms with Crippen LogP contribution in [0.5, 0.6) is 0 Å². The molecule has 2 aromatic heterocycles. The van der Waals surface area contributed by atoms with Gasteiger partial charge in [-0.15, -0.1) is 0 Å². The minimum atomic E-state index is -0.738. The number of ether oxygens (including phenoxy) is 1. The molecule has 174 valence electrons. The Morgan fingerprint density at radius 2 is 2.15 bits per heavy atom. The third kappa shape index (κ3) is 5.40. The van der Waals surface area contributed by atoms with Gasteiger partial charge in [0.15, 0.2) is 0 Å². The van der Waals surface area contributed by atoms with E-state index in [9.17, 15) is 14.3 Å². The van der Waals surface area contributed by atoms with Crippen LogP contribution >= 0.6 is 11.6 Å². The molecule has 0 bridgehead atoms. The Balaban J connectivity index is 1.57. The molecule has 7 nitrogen and oxygen atoms in total. The van der Waals surface area contributed by atoms with Gasteiger partial charge in [0.05, 0.1) is 29.0 Å². The summed E-state index contributed by atoms with van der Waals surface area (Å²) in [4.78, 5) is 21.8. The minimum Gasteiger partial charge on any atom is -0.394 e. The van der Waals surface area contributed by atoms with Gasteiger partial charge >= 0.3 is 0 Å². The fraction of sp³-hybridized carbons (Fsp3) is 0.375. The van der Waals surface area contributed by atoms with Crippen LogP contribution in [0.4, 0.5) is 10.3 Å². The molecule has 1 fully saturated rings. The maximum absolute atomic E-state index is 13.9. The number of aromatic nitrogens is 3. The zero-order valence-corrected chi connectivity index (χ0v) is 19.2. The van der Waals surface area contributed by atoms with E-state index in [-0.39, 0.29) is 28.8 Å². The molecule has 1 unspecified atom stereocenters. The number of nitrogens with one attached hydrogen (secondary N) is 1. The van der Waals surface area contributed by atoms with E-state index in [4.69, 9.17) is 16.3 Å². The number of halogens is 2. The molecule has 0 spiro atoms. The van der Waals surface area contributed by atoms with Gasteiger partial charge in [-0.05, 0) is 56.5 Å². The lowest BCUT2D eigenvalue weighted by molar-refractivity contribution is -0.0553. The predicted octanol–water partition coefficient (Wildman–Crippen LogP) is 4.05. The molecule has 0 radical (unpaired) electrons. The highest BCUT2D eigenvalue weighted by atomic mass is 35.5. The Kier molecular flexibility index (Phi) is 6.78. The van der Waals surface area contributed by atoms with E-state index in [2.05, 4.69) is 29.1 Å². The lowest BCUT2D eigenvalue weighted by Crippen LogP contribution is -2.40. The Morgan fingerprint density at radius 1 is 1.33 bits per heavy atom. The van der Waals surface area contributed by atoms with Crippen LogP contribution in [-0.2, 0) is 4.74 Å². The Labute approximate surface area is 196 Å². The van der Waals surface area contributed by atoms with Crippen LogP contribution in [0.25, 0.3) is 11.3 Å². The van der Waals surface area contributed by atoms with Gasteiger partial charge in [-0.25, -0.2) is 14.4 Å². The molecule has 33 heavy (non-hydrogen) atoms. The van der Waals surface area contributed by atoms with Crippen molar-refractivity contribution in [2.75, 3.05) is 18.5 Å². The van der Waals surface area contributed by atoms with Crippen molar-refractivity contribution in [1.29, 1.82) is 0 Å². The lowest BCUT2D eigenvalue weighted by atomic mass is 9.94. The summed E-state index contributed by atoms with van der Waals surface area (Å²) in [6, 6.07) is 8.59. The number of rotatable bonds is 6. The number of benzene rings is 1. The molecule has 1 aromatic carbocycles. The summed E-state index contributed by atoms with van der Waals surface area (Å²) >= 11 is 5.75. The van der Waals surface area contributed by atoms with Crippen molar-refractivity contribution in [3.63, 3.8) is 0 Å². The number of hydrogen-bond donors (Lipinski definition) is 2. The summed E-state index contributed by atoms with van der Waals surface area (Å²) in [6.45, 7) is 4.42. The molecular formula is C24H26ClFN4O3. The van der Waals surface area contributed by atoms with E-state index < -0.39 is 11.9 Å². The highest BCUT2D eigenvalue weighted by Gasteiger charge is 2.29. The molecule has 0 aliphatic carbocycles. The first-order valence-electron chi connectivity index (χ1n) is 10.8. The number of aliphatic hydroxyl groups is 1. The second kappa shape index (κ2) is 9.59. The standard InChI is InChI=1S/C24H26ClFN4O3/c1-24(2)13-17(7-10-33-24)28-23-27-8-5-20(29-23)15-6-9-30(22(32)12-15)21(14-31)16-3-4-18(25)19(26)11-16/h3-6,8-9,11-12,17,21,31H,7,10,13-14H2,1-2H3,(H,27,28,29)/t17?,21-/m1/s1. The second-order valence-electron chi connectivity index (χ2n) is 8.74. The van der Waals surface area contributed by atoms with Crippen LogP contribution < -0.4 is 10.9 Å². The molecule has 3 heterocycles. The molecule has 4 rings (SSSR count). The van der Waals surface area contributed by atoms with E-state index >= 15 is 0 Å². The lowest BCUT2D eigenvalue weighted by Gasteiger charge is -2.35. The van der Waals surface area contributed by atoms with Gasteiger partial charge in [-0.3, -0.25) is 4.79 Å². The van der Waals surface area contributed by atoms with Crippen molar-refractivity contribution in [3.8, 4) is 11.3 Å². The van der Waals surface area contributed by atoms with Crippen LogP contribution in [0.2, 0.25) is 5.02 Å². The first-order chi connectivity index (χ1) is 15.8. The Hall–Kier alpha value is -2.81. The highest BCUT2D eigenvalue weighted by Crippen LogP contribution is 2.27. The van der Waals surface area contributed by atoms with Gasteiger partial charge in [0, 0.05) is 36.7 Å². The fourth-order valence-corrected chi connectivity index (χ4v) is 4.22. The van der Waals surface area contributed by atoms with Gasteiger partial charge in [0.1, 0.15) is 5.82 Å². The van der Waals surface area contributed by atoms with Crippen molar-refractivity contribution in [3.05, 3.63) is 75.5 Å². The topological polar surface area (TPSA) is 89.3 Å². The van der Waals surface area contributed by atoms with Crippen molar-refractivity contribution in [2.45, 2.75) is 44.4 Å². The van der Waals surface area contributed by atoms with Crippen LogP contribution in [0, 0.1) is 5.82 Å². The monoisotopic (exact) mass is 472 g/mol. The summed E-state index contributed by atoms with van der Waals surface area (Å²) < 4.78 is 21.0. The molecule has 3 aromatic rings. The number of nitrogens with zero attached hydrogens (tertiary/aromatic N) is 3. The van der Waals surface area contributed by atoms with Gasteiger partial charge in [-0.1, -0.05) is 17.7 Å². The zero-order valence-electron chi connectivity index (χ0n) is 18.5. The molecule has 1 aliphatic heterocycles. The normalized spacial score (nSPS) is 18.6. The smallest absolute Gasteiger partial charge is 0.251 e. The van der Waals surface area contributed by atoms with E-state index in [1.807, 2.05) is 0 Å². The van der Waals surface area contributed by atoms with Crippen molar-refractivity contribution >= 4 is 17.5 Å². The third-order valence-electron chi connectivity index (χ3n) is 5.77. The average Bonchev–Trinajstić information content (AvgIpc) is 2.77. The van der Waals surface area contributed by atoms with Crippen molar-refractivity contribution in [1.82, 2.24) is 14.5 Å². The van der Waals surface area contributed by atoms with Crippen molar-refractivity contribution < 1.29 is 14.2 Å². The molecule has 1 aliphatic rings. The van der Waals surface area contributed by atoms with E-state index in [1.54, 1.807) is 30.6 Å². The number of pyridine rings is 1. The summed E-state index contributed by atoms with van der Waals surface area (Å²) in [7, 11) is 0. The Morgan fingerprint density at radius 3 is 2.85 bits per heavy atom. The summed E-state index contributed by atoms with van der Waals surface area (Å²) in [5, 5.41) is 13.2. The summed E-state index contributed by atoms with van der Waals surface area (Å²) in [6.07, 6.45) is 4.92. The van der Waals surface area contributed by atoms with Crippen LogP contribution in [0.1, 0.15) is 38.3 Å². The third-order valence-corrected chi connectivity index (χ3v) is 6.07. The zero-order chi connectivity index (χ0) is 23.6. The molecular weight excluding hydrogens is 447 g/mol. The van der Waals surface area contributed by atoms with Crippen LogP contribution in [0.15, 0.2) is 53.6 Å². The number of aliphatic hydroxyl groups excluding tert-OH is 1. The minimum absolute atomic E-state index is 0.0179. The molecule has 2 atom stereocenters. The first-order valence-corrected chi connectivity index (χ1v) is 11.2. The SMILES string of the molecule is CC1(C)CC(Nc2nccc(-c3ccn([C@H](CO)c4ccc(Cl)c(F)c4)c(=O)c3)n2)CCO1. The van der Waals surface area contributed by atoms with Gasteiger partial charge in [0.2, 0.25) is 5.95 Å². The number of hydrogen-bond acceptors (Lipinski definition) is 6. The molecule has 9 heteroatoms. The Bertz CT molecular complexity index is 1200. The fourth-order valence-electron chi connectivity index (χ4n) is 4.11. The van der Waals surface area contributed by atoms with E-state index in [0.717, 1.165) is 12.8 Å². The first kappa shape index (κ1) is 23.4. The number of anilines is 1. The van der Waals surface area contributed by atoms with E-state index in [1.165, 1.54) is 22.8 Å².